The van der Waals surface area contributed by atoms with E-state index in [2.05, 4.69) is 51.1 Å². The van der Waals surface area contributed by atoms with Crippen molar-refractivity contribution in [2.45, 2.75) is 54.7 Å². The van der Waals surface area contributed by atoms with Gasteiger partial charge in [-0.15, -0.1) is 0 Å². The Morgan fingerprint density at radius 2 is 2.19 bits per heavy atom. The molecule has 118 valence electrons. The van der Waals surface area contributed by atoms with E-state index in [1.54, 1.807) is 0 Å². The van der Waals surface area contributed by atoms with Crippen molar-refractivity contribution in [1.29, 1.82) is 0 Å². The summed E-state index contributed by atoms with van der Waals surface area (Å²) in [6.07, 6.45) is 10.6. The monoisotopic (exact) mass is 355 g/mol. The van der Waals surface area contributed by atoms with E-state index >= 15 is 0 Å². The normalized spacial score (nSPS) is 41.4. The fourth-order valence-electron chi connectivity index (χ4n) is 3.88. The van der Waals surface area contributed by atoms with Gasteiger partial charge in [0.2, 0.25) is 0 Å². The van der Waals surface area contributed by atoms with Gasteiger partial charge in [0.15, 0.2) is 0 Å². The van der Waals surface area contributed by atoms with Crippen LogP contribution in [0.4, 0.5) is 0 Å². The predicted molar refractivity (Wildman–Crippen MR) is 89.3 cm³/mol. The molecule has 5 heteroatoms. The van der Waals surface area contributed by atoms with E-state index in [-0.39, 0.29) is 17.0 Å². The molecule has 0 spiro atoms. The lowest BCUT2D eigenvalue weighted by Gasteiger charge is -2.42. The van der Waals surface area contributed by atoms with Crippen LogP contribution in [0.2, 0.25) is 0 Å². The summed E-state index contributed by atoms with van der Waals surface area (Å²) in [7, 11) is 2.21. The lowest BCUT2D eigenvalue weighted by atomic mass is 9.87. The molecular formula is C16H26BrN3O. The number of hydrogen-bond donors (Lipinski definition) is 2. The summed E-state index contributed by atoms with van der Waals surface area (Å²) in [4.78, 5) is 4.98. The minimum atomic E-state index is -0.319. The standard InChI is InChI=1S/C16H26BrN3O/c1-19-6-3-5-14(19)11-4-2-7-20(10-11)15-8-12(17)16(21)9-13(15)18/h2,4,10,12-16,21H,3,5-9,18H2,1H3/t12?,13?,14?,15-,16-/m1/s1. The predicted octanol–water partition coefficient (Wildman–Crippen LogP) is 1.45. The second kappa shape index (κ2) is 6.41. The molecule has 21 heavy (non-hydrogen) atoms. The minimum Gasteiger partial charge on any atom is -0.392 e. The van der Waals surface area contributed by atoms with Gasteiger partial charge in [-0.2, -0.15) is 0 Å². The molecule has 1 saturated carbocycles. The second-order valence-corrected chi connectivity index (χ2v) is 7.83. The number of nitrogens with two attached hydrogens (primary N) is 1. The zero-order valence-electron chi connectivity index (χ0n) is 12.7. The molecule has 0 radical (unpaired) electrons. The van der Waals surface area contributed by atoms with E-state index in [9.17, 15) is 5.11 Å². The Hall–Kier alpha value is -0.360. The van der Waals surface area contributed by atoms with Crippen LogP contribution in [-0.4, -0.2) is 64.1 Å². The first-order chi connectivity index (χ1) is 10.1. The van der Waals surface area contributed by atoms with Crippen LogP contribution in [0.1, 0.15) is 25.7 Å². The van der Waals surface area contributed by atoms with Gasteiger partial charge in [0.1, 0.15) is 0 Å². The number of nitrogens with zero attached hydrogens (tertiary/aromatic N) is 2. The Kier molecular flexibility index (Phi) is 4.74. The van der Waals surface area contributed by atoms with E-state index in [1.807, 2.05) is 0 Å². The number of halogens is 1. The highest BCUT2D eigenvalue weighted by Gasteiger charge is 2.36. The van der Waals surface area contributed by atoms with Crippen molar-refractivity contribution >= 4 is 15.9 Å². The van der Waals surface area contributed by atoms with Crippen molar-refractivity contribution < 1.29 is 5.11 Å². The second-order valence-electron chi connectivity index (χ2n) is 6.65. The smallest absolute Gasteiger partial charge is 0.0681 e. The average molecular weight is 356 g/mol. The molecule has 2 aliphatic heterocycles. The Balaban J connectivity index is 1.73. The van der Waals surface area contributed by atoms with Crippen molar-refractivity contribution in [3.63, 3.8) is 0 Å². The van der Waals surface area contributed by atoms with E-state index in [0.29, 0.717) is 18.5 Å². The summed E-state index contributed by atoms with van der Waals surface area (Å²) in [6.45, 7) is 2.11. The van der Waals surface area contributed by atoms with Crippen LogP contribution in [0.5, 0.6) is 0 Å². The molecule has 4 nitrogen and oxygen atoms in total. The van der Waals surface area contributed by atoms with Gasteiger partial charge in [-0.3, -0.25) is 4.90 Å². The number of alkyl halides is 1. The summed E-state index contributed by atoms with van der Waals surface area (Å²) in [5.74, 6) is 0. The van der Waals surface area contributed by atoms with Crippen molar-refractivity contribution in [3.05, 3.63) is 23.9 Å². The fraction of sp³-hybridized carbons (Fsp3) is 0.750. The van der Waals surface area contributed by atoms with Gasteiger partial charge < -0.3 is 15.7 Å². The molecule has 0 amide bonds. The van der Waals surface area contributed by atoms with Gasteiger partial charge in [0, 0.05) is 35.7 Å². The Morgan fingerprint density at radius 1 is 1.38 bits per heavy atom. The van der Waals surface area contributed by atoms with Gasteiger partial charge in [-0.05, 0) is 44.8 Å². The number of aliphatic hydroxyl groups excluding tert-OH is 1. The molecule has 0 aromatic heterocycles. The van der Waals surface area contributed by atoms with Gasteiger partial charge in [0.25, 0.3) is 0 Å². The molecule has 0 aromatic carbocycles. The minimum absolute atomic E-state index is 0.0408. The maximum atomic E-state index is 9.94. The molecule has 3 rings (SSSR count). The maximum Gasteiger partial charge on any atom is 0.0681 e. The molecule has 1 aliphatic carbocycles. The Bertz CT molecular complexity index is 439. The maximum absolute atomic E-state index is 9.94. The summed E-state index contributed by atoms with van der Waals surface area (Å²) < 4.78 is 0. The molecule has 0 bridgehead atoms. The zero-order valence-corrected chi connectivity index (χ0v) is 14.2. The topological polar surface area (TPSA) is 52.7 Å². The van der Waals surface area contributed by atoms with Crippen molar-refractivity contribution in [2.75, 3.05) is 20.1 Å². The summed E-state index contributed by atoms with van der Waals surface area (Å²) in [5.41, 5.74) is 7.71. The highest BCUT2D eigenvalue weighted by Crippen LogP contribution is 2.31. The number of likely N-dealkylation sites (tertiary alicyclic amines) is 1. The summed E-state index contributed by atoms with van der Waals surface area (Å²) >= 11 is 3.60. The van der Waals surface area contributed by atoms with E-state index in [0.717, 1.165) is 13.0 Å². The first kappa shape index (κ1) is 15.5. The largest absolute Gasteiger partial charge is 0.392 e. The third kappa shape index (κ3) is 3.21. The molecule has 2 fully saturated rings. The highest BCUT2D eigenvalue weighted by molar-refractivity contribution is 9.09. The van der Waals surface area contributed by atoms with Crippen LogP contribution in [-0.2, 0) is 0 Å². The average Bonchev–Trinajstić information content (AvgIpc) is 2.89. The van der Waals surface area contributed by atoms with Gasteiger partial charge in [0.05, 0.1) is 6.10 Å². The SMILES string of the molecule is CN1CCCC1C1=CN([C@@H]2CC(Br)[C@H](O)CC2N)CC=C1. The molecule has 3 aliphatic rings. The van der Waals surface area contributed by atoms with Crippen LogP contribution in [0.15, 0.2) is 23.9 Å². The van der Waals surface area contributed by atoms with Crippen LogP contribution in [0.25, 0.3) is 0 Å². The molecule has 1 saturated heterocycles. The lowest BCUT2D eigenvalue weighted by Crippen LogP contribution is -2.54. The van der Waals surface area contributed by atoms with Crippen molar-refractivity contribution in [2.24, 2.45) is 5.73 Å². The van der Waals surface area contributed by atoms with Crippen molar-refractivity contribution in [3.8, 4) is 0 Å². The van der Waals surface area contributed by atoms with Gasteiger partial charge in [-0.1, -0.05) is 28.1 Å². The Labute approximate surface area is 135 Å². The lowest BCUT2D eigenvalue weighted by molar-refractivity contribution is 0.0871. The number of hydrogen-bond acceptors (Lipinski definition) is 4. The Morgan fingerprint density at radius 3 is 2.90 bits per heavy atom. The first-order valence-corrected chi connectivity index (χ1v) is 8.90. The molecule has 3 N–H and O–H groups in total. The summed E-state index contributed by atoms with van der Waals surface area (Å²) in [6, 6.07) is 0.901. The first-order valence-electron chi connectivity index (χ1n) is 7.98. The van der Waals surface area contributed by atoms with Crippen molar-refractivity contribution in [1.82, 2.24) is 9.80 Å². The van der Waals surface area contributed by atoms with Crippen LogP contribution in [0, 0.1) is 0 Å². The number of likely N-dealkylation sites (N-methyl/N-ethyl adjacent to an activating group) is 1. The molecule has 3 unspecified atom stereocenters. The molecule has 5 atom stereocenters. The molecule has 0 aromatic rings. The fourth-order valence-corrected chi connectivity index (χ4v) is 4.48. The quantitative estimate of drug-likeness (QED) is 0.736. The molecule has 2 heterocycles. The van der Waals surface area contributed by atoms with Gasteiger partial charge in [-0.25, -0.2) is 0 Å². The highest BCUT2D eigenvalue weighted by atomic mass is 79.9. The third-order valence-corrected chi connectivity index (χ3v) is 6.15. The number of rotatable bonds is 2. The van der Waals surface area contributed by atoms with Gasteiger partial charge >= 0.3 is 0 Å². The van der Waals surface area contributed by atoms with E-state index in [4.69, 9.17) is 5.73 Å². The molecular weight excluding hydrogens is 330 g/mol. The zero-order chi connectivity index (χ0) is 15.0. The van der Waals surface area contributed by atoms with Crippen LogP contribution in [0.3, 0.4) is 0 Å². The van der Waals surface area contributed by atoms with E-state index in [1.165, 1.54) is 25.0 Å². The van der Waals surface area contributed by atoms with E-state index < -0.39 is 0 Å². The van der Waals surface area contributed by atoms with Crippen LogP contribution >= 0.6 is 15.9 Å². The van der Waals surface area contributed by atoms with Crippen LogP contribution < -0.4 is 5.73 Å². The number of aliphatic hydroxyl groups is 1. The summed E-state index contributed by atoms with van der Waals surface area (Å²) in [5, 5.41) is 9.94. The third-order valence-electron chi connectivity index (χ3n) is 5.16.